The molecule has 1 N–H and O–H groups in total. The Morgan fingerprint density at radius 3 is 2.22 bits per heavy atom. The number of benzene rings is 3. The van der Waals surface area contributed by atoms with Crippen molar-refractivity contribution in [1.29, 1.82) is 0 Å². The number of hydrogen-bond acceptors (Lipinski definition) is 4. The predicted octanol–water partition coefficient (Wildman–Crippen LogP) is 5.27. The van der Waals surface area contributed by atoms with Crippen LogP contribution in [0.2, 0.25) is 0 Å². The van der Waals surface area contributed by atoms with Crippen LogP contribution in [-0.2, 0) is 32.5 Å². The van der Waals surface area contributed by atoms with Crippen molar-refractivity contribution in [2.75, 3.05) is 17.4 Å². The molecular weight excluding hydrogens is 534 g/mol. The number of aryl methyl sites for hydroxylation is 2. The van der Waals surface area contributed by atoms with Gasteiger partial charge in [-0.05, 0) is 68.9 Å². The Morgan fingerprint density at radius 1 is 0.927 bits per heavy atom. The Bertz CT molecular complexity index is 1420. The van der Waals surface area contributed by atoms with Crippen molar-refractivity contribution < 1.29 is 18.0 Å². The van der Waals surface area contributed by atoms with Gasteiger partial charge in [0.25, 0.3) is 10.0 Å². The van der Waals surface area contributed by atoms with Crippen LogP contribution in [0.25, 0.3) is 0 Å². The van der Waals surface area contributed by atoms with Crippen LogP contribution in [-0.4, -0.2) is 50.3 Å². The number of carbonyl (C=O) groups excluding carboxylic acids is 2. The van der Waals surface area contributed by atoms with E-state index >= 15 is 0 Å². The largest absolute Gasteiger partial charge is 0.352 e. The maximum absolute atomic E-state index is 14.1. The lowest BCUT2D eigenvalue weighted by atomic mass is 10.1. The first-order chi connectivity index (χ1) is 19.7. The molecule has 1 atom stereocenters. The van der Waals surface area contributed by atoms with Gasteiger partial charge in [-0.15, -0.1) is 0 Å². The minimum atomic E-state index is -4.08. The lowest BCUT2D eigenvalue weighted by Gasteiger charge is -2.33. The molecule has 0 spiro atoms. The van der Waals surface area contributed by atoms with Gasteiger partial charge in [0.2, 0.25) is 11.8 Å². The second kappa shape index (κ2) is 13.8. The highest BCUT2D eigenvalue weighted by atomic mass is 32.2. The maximum Gasteiger partial charge on any atom is 0.264 e. The summed E-state index contributed by atoms with van der Waals surface area (Å²) in [5, 5.41) is 3.11. The standard InChI is InChI=1S/C33H41N3O4S/c1-4-28-14-8-11-17-31(28)36(41(39,40)30-20-18-25(2)19-21-30)24-32(37)35(23-22-27-12-6-5-7-13-27)26(3)33(38)34-29-15-9-10-16-29/h5-8,11-14,17-21,26,29H,4,9-10,15-16,22-24H2,1-3H3,(H,34,38)/t26-/m1/s1. The topological polar surface area (TPSA) is 86.8 Å². The Balaban J connectivity index is 1.67. The summed E-state index contributed by atoms with van der Waals surface area (Å²) in [5.41, 5.74) is 3.26. The molecule has 7 nitrogen and oxygen atoms in total. The summed E-state index contributed by atoms with van der Waals surface area (Å²) < 4.78 is 29.3. The van der Waals surface area contributed by atoms with Crippen LogP contribution in [0.5, 0.6) is 0 Å². The minimum absolute atomic E-state index is 0.115. The van der Waals surface area contributed by atoms with E-state index < -0.39 is 28.5 Å². The highest BCUT2D eigenvalue weighted by molar-refractivity contribution is 7.92. The van der Waals surface area contributed by atoms with Crippen molar-refractivity contribution in [3.63, 3.8) is 0 Å². The van der Waals surface area contributed by atoms with Gasteiger partial charge < -0.3 is 10.2 Å². The third-order valence-electron chi connectivity index (χ3n) is 7.88. The van der Waals surface area contributed by atoms with Gasteiger partial charge in [0.1, 0.15) is 12.6 Å². The number of amides is 2. The van der Waals surface area contributed by atoms with Crippen LogP contribution in [0.15, 0.2) is 83.8 Å². The van der Waals surface area contributed by atoms with Crippen molar-refractivity contribution in [2.45, 2.75) is 76.3 Å². The molecule has 1 saturated carbocycles. The molecule has 41 heavy (non-hydrogen) atoms. The lowest BCUT2D eigenvalue weighted by molar-refractivity contribution is -0.139. The highest BCUT2D eigenvalue weighted by Crippen LogP contribution is 2.28. The SMILES string of the molecule is CCc1ccccc1N(CC(=O)N(CCc1ccccc1)[C@H](C)C(=O)NC1CCCC1)S(=O)(=O)c1ccc(C)cc1. The summed E-state index contributed by atoms with van der Waals surface area (Å²) in [6, 6.07) is 23.0. The van der Waals surface area contributed by atoms with Gasteiger partial charge >= 0.3 is 0 Å². The quantitative estimate of drug-likeness (QED) is 0.319. The highest BCUT2D eigenvalue weighted by Gasteiger charge is 2.33. The number of nitrogens with one attached hydrogen (secondary N) is 1. The van der Waals surface area contributed by atoms with E-state index in [-0.39, 0.29) is 23.4 Å². The van der Waals surface area contributed by atoms with Crippen LogP contribution in [0, 0.1) is 6.92 Å². The minimum Gasteiger partial charge on any atom is -0.352 e. The lowest BCUT2D eigenvalue weighted by Crippen LogP contribution is -2.53. The molecule has 0 radical (unpaired) electrons. The van der Waals surface area contributed by atoms with Crippen LogP contribution < -0.4 is 9.62 Å². The van der Waals surface area contributed by atoms with Crippen LogP contribution in [0.1, 0.15) is 56.2 Å². The van der Waals surface area contributed by atoms with Crippen molar-refractivity contribution in [3.05, 3.63) is 95.6 Å². The molecule has 0 aromatic heterocycles. The average molecular weight is 576 g/mol. The average Bonchev–Trinajstić information content (AvgIpc) is 3.49. The number of anilines is 1. The van der Waals surface area contributed by atoms with E-state index in [0.717, 1.165) is 42.4 Å². The molecule has 0 bridgehead atoms. The molecule has 2 amide bonds. The Kier molecular flexibility index (Phi) is 10.2. The van der Waals surface area contributed by atoms with Crippen LogP contribution in [0.3, 0.4) is 0 Å². The van der Waals surface area contributed by atoms with E-state index in [1.54, 1.807) is 43.3 Å². The number of hydrogen-bond donors (Lipinski definition) is 1. The molecule has 0 aliphatic heterocycles. The summed E-state index contributed by atoms with van der Waals surface area (Å²) in [7, 11) is -4.08. The van der Waals surface area contributed by atoms with E-state index in [9.17, 15) is 18.0 Å². The van der Waals surface area contributed by atoms with Gasteiger partial charge in [0.15, 0.2) is 0 Å². The first kappa shape index (κ1) is 30.3. The molecule has 4 rings (SSSR count). The number of sulfonamides is 1. The Morgan fingerprint density at radius 2 is 1.56 bits per heavy atom. The second-order valence-corrected chi connectivity index (χ2v) is 12.7. The molecule has 0 unspecified atom stereocenters. The molecule has 218 valence electrons. The first-order valence-electron chi connectivity index (χ1n) is 14.5. The summed E-state index contributed by atoms with van der Waals surface area (Å²) in [5.74, 6) is -0.628. The van der Waals surface area contributed by atoms with Gasteiger partial charge in [-0.3, -0.25) is 13.9 Å². The third-order valence-corrected chi connectivity index (χ3v) is 9.66. The zero-order valence-electron chi connectivity index (χ0n) is 24.3. The van der Waals surface area contributed by atoms with Crippen molar-refractivity contribution >= 4 is 27.5 Å². The van der Waals surface area contributed by atoms with Crippen LogP contribution in [0.4, 0.5) is 5.69 Å². The van der Waals surface area contributed by atoms with Gasteiger partial charge in [-0.1, -0.05) is 86.0 Å². The zero-order valence-corrected chi connectivity index (χ0v) is 25.1. The fourth-order valence-electron chi connectivity index (χ4n) is 5.37. The fourth-order valence-corrected chi connectivity index (χ4v) is 6.82. The van der Waals surface area contributed by atoms with Gasteiger partial charge in [0, 0.05) is 12.6 Å². The van der Waals surface area contributed by atoms with E-state index in [1.807, 2.05) is 56.3 Å². The molecule has 0 heterocycles. The normalized spacial score (nSPS) is 14.4. The van der Waals surface area contributed by atoms with Gasteiger partial charge in [-0.2, -0.15) is 0 Å². The number of nitrogens with zero attached hydrogens (tertiary/aromatic N) is 2. The van der Waals surface area contributed by atoms with E-state index in [0.29, 0.717) is 18.5 Å². The molecule has 1 fully saturated rings. The predicted molar refractivity (Wildman–Crippen MR) is 163 cm³/mol. The number of para-hydroxylation sites is 1. The fraction of sp³-hybridized carbons (Fsp3) is 0.394. The summed E-state index contributed by atoms with van der Waals surface area (Å²) in [6.07, 6.45) is 5.18. The molecular formula is C33H41N3O4S. The summed E-state index contributed by atoms with van der Waals surface area (Å²) >= 11 is 0. The summed E-state index contributed by atoms with van der Waals surface area (Å²) in [6.45, 7) is 5.45. The molecule has 3 aromatic rings. The van der Waals surface area contributed by atoms with Crippen molar-refractivity contribution in [2.24, 2.45) is 0 Å². The Hall–Kier alpha value is -3.65. The molecule has 1 aliphatic carbocycles. The first-order valence-corrected chi connectivity index (χ1v) is 16.0. The van der Waals surface area contributed by atoms with E-state index in [2.05, 4.69) is 5.32 Å². The van der Waals surface area contributed by atoms with Crippen molar-refractivity contribution in [3.8, 4) is 0 Å². The maximum atomic E-state index is 14.1. The molecule has 0 saturated heterocycles. The number of rotatable bonds is 12. The number of carbonyl (C=O) groups is 2. The second-order valence-electron chi connectivity index (χ2n) is 10.8. The summed E-state index contributed by atoms with van der Waals surface area (Å²) in [4.78, 5) is 29.1. The Labute approximate surface area is 244 Å². The van der Waals surface area contributed by atoms with Gasteiger partial charge in [-0.25, -0.2) is 8.42 Å². The van der Waals surface area contributed by atoms with E-state index in [4.69, 9.17) is 0 Å². The van der Waals surface area contributed by atoms with Crippen molar-refractivity contribution in [1.82, 2.24) is 10.2 Å². The smallest absolute Gasteiger partial charge is 0.264 e. The zero-order chi connectivity index (χ0) is 29.4. The van der Waals surface area contributed by atoms with Crippen LogP contribution >= 0.6 is 0 Å². The third kappa shape index (κ3) is 7.55. The monoisotopic (exact) mass is 575 g/mol. The molecule has 8 heteroatoms. The van der Waals surface area contributed by atoms with E-state index in [1.165, 1.54) is 9.21 Å². The molecule has 1 aliphatic rings. The van der Waals surface area contributed by atoms with Gasteiger partial charge in [0.05, 0.1) is 10.6 Å². The molecule has 3 aromatic carbocycles.